The van der Waals surface area contributed by atoms with Crippen molar-refractivity contribution < 1.29 is 63.6 Å². The Labute approximate surface area is 373 Å². The predicted molar refractivity (Wildman–Crippen MR) is 230 cm³/mol. The number of aliphatic carboxylic acids is 3. The number of amides is 6. The van der Waals surface area contributed by atoms with Gasteiger partial charge in [-0.3, -0.25) is 43.3 Å². The molecule has 0 spiro atoms. The quantitative estimate of drug-likeness (QED) is 0.0212. The lowest BCUT2D eigenvalue weighted by molar-refractivity contribution is -0.144. The zero-order valence-corrected chi connectivity index (χ0v) is 36.2. The van der Waals surface area contributed by atoms with E-state index in [4.69, 9.17) is 17.2 Å². The minimum absolute atomic E-state index is 0.0113. The number of carbonyl (C=O) groups excluding carboxylic acids is 6. The van der Waals surface area contributed by atoms with Crippen LogP contribution in [-0.4, -0.2) is 145 Å². The van der Waals surface area contributed by atoms with Gasteiger partial charge in [0.1, 0.15) is 36.3 Å². The summed E-state index contributed by atoms with van der Waals surface area (Å²) in [7, 11) is 0. The maximum atomic E-state index is 14.0. The van der Waals surface area contributed by atoms with E-state index in [1.807, 2.05) is 0 Å². The Morgan fingerprint density at radius 2 is 1.15 bits per heavy atom. The molecule has 0 aliphatic carbocycles. The largest absolute Gasteiger partial charge is 0.481 e. The minimum atomic E-state index is -1.90. The SMILES string of the molecule is CC(C)[C@H](NC(=O)[C@H](CCC(=O)O)NC(=O)[C@@H](NC(=O)[C@H](CCC(=O)O)NC(=O)[C@H](CCCN=C(N)N)NC(=O)[C@H](Cc1ccccc1)NC(=O)[C@@H](N)Cc1cnc[nH]1)[C@@H](C)O)C(=O)O. The molecule has 0 aliphatic heterocycles. The molecular formula is C40H60N12O13. The van der Waals surface area contributed by atoms with Crippen molar-refractivity contribution in [1.29, 1.82) is 0 Å². The van der Waals surface area contributed by atoms with E-state index in [-0.39, 0.29) is 38.2 Å². The summed E-state index contributed by atoms with van der Waals surface area (Å²) in [6, 6.07) is -2.05. The Bertz CT molecular complexity index is 1960. The van der Waals surface area contributed by atoms with Crippen molar-refractivity contribution in [1.82, 2.24) is 41.9 Å². The first-order valence-electron chi connectivity index (χ1n) is 20.6. The Kier molecular flexibility index (Phi) is 22.5. The third-order valence-electron chi connectivity index (χ3n) is 9.68. The van der Waals surface area contributed by atoms with E-state index in [0.29, 0.717) is 11.3 Å². The number of benzene rings is 1. The first kappa shape index (κ1) is 54.0. The summed E-state index contributed by atoms with van der Waals surface area (Å²) in [5.74, 6) is -11.1. The Morgan fingerprint density at radius 1 is 0.662 bits per heavy atom. The number of carbonyl (C=O) groups is 9. The molecule has 0 bridgehead atoms. The summed E-state index contributed by atoms with van der Waals surface area (Å²) in [4.78, 5) is 127. The molecule has 25 nitrogen and oxygen atoms in total. The first-order valence-corrected chi connectivity index (χ1v) is 20.6. The topological polar surface area (TPSA) is 426 Å². The number of rotatable bonds is 29. The van der Waals surface area contributed by atoms with Crippen molar-refractivity contribution >= 4 is 59.3 Å². The zero-order chi connectivity index (χ0) is 48.8. The summed E-state index contributed by atoms with van der Waals surface area (Å²) in [6.45, 7) is 4.06. The molecule has 0 saturated heterocycles. The van der Waals surface area contributed by atoms with E-state index in [0.717, 1.165) is 6.92 Å². The number of carboxylic acid groups (broad SMARTS) is 3. The van der Waals surface area contributed by atoms with Crippen LogP contribution in [-0.2, 0) is 56.0 Å². The van der Waals surface area contributed by atoms with Crippen molar-refractivity contribution in [2.24, 2.45) is 28.1 Å². The van der Waals surface area contributed by atoms with Gasteiger partial charge in [-0.15, -0.1) is 0 Å². The molecule has 65 heavy (non-hydrogen) atoms. The van der Waals surface area contributed by atoms with Crippen LogP contribution < -0.4 is 49.1 Å². The molecule has 358 valence electrons. The number of nitrogens with one attached hydrogen (secondary N) is 7. The summed E-state index contributed by atoms with van der Waals surface area (Å²) in [5, 5.41) is 53.1. The second kappa shape index (κ2) is 27.1. The molecule has 1 aromatic heterocycles. The molecule has 6 amide bonds. The van der Waals surface area contributed by atoms with Gasteiger partial charge in [-0.25, -0.2) is 9.78 Å². The van der Waals surface area contributed by atoms with Gasteiger partial charge < -0.3 is 74.5 Å². The number of aromatic nitrogens is 2. The average molecular weight is 917 g/mol. The number of imidazole rings is 1. The zero-order valence-electron chi connectivity index (χ0n) is 36.2. The van der Waals surface area contributed by atoms with Crippen LogP contribution in [0.4, 0.5) is 0 Å². The third kappa shape index (κ3) is 19.8. The molecule has 1 heterocycles. The first-order chi connectivity index (χ1) is 30.6. The van der Waals surface area contributed by atoms with E-state index >= 15 is 0 Å². The van der Waals surface area contributed by atoms with Gasteiger partial charge in [-0.1, -0.05) is 44.2 Å². The standard InChI is InChI=1S/C40H60N12O13/c1-20(2)31(39(64)65)51-35(60)27(12-14-30(56)57)49-38(63)32(21(3)53)52-36(61)26(11-13-29(54)55)48-34(59)25(10-7-15-45-40(42)43)47-37(62)28(16-22-8-5-4-6-9-22)50-33(58)24(41)17-23-18-44-19-46-23/h4-6,8-9,18-21,24-28,31-32,53H,7,10-17,41H2,1-3H3,(H,44,46)(H,47,62)(H,48,59)(H,49,63)(H,50,58)(H,51,60)(H,52,61)(H,54,55)(H,56,57)(H,64,65)(H4,42,43,45)/t21-,24+,25+,26+,27+,28+,31+,32+/m1/s1. The summed E-state index contributed by atoms with van der Waals surface area (Å²) in [6.07, 6.45) is -1.39. The van der Waals surface area contributed by atoms with Crippen LogP contribution in [0.25, 0.3) is 0 Å². The molecular weight excluding hydrogens is 857 g/mol. The van der Waals surface area contributed by atoms with Crippen LogP contribution in [0, 0.1) is 5.92 Å². The third-order valence-corrected chi connectivity index (χ3v) is 9.68. The van der Waals surface area contributed by atoms with Crippen molar-refractivity contribution in [3.05, 3.63) is 54.1 Å². The number of hydrogen-bond acceptors (Lipinski definition) is 13. The molecule has 2 rings (SSSR count). The number of nitrogens with zero attached hydrogens (tertiary/aromatic N) is 2. The molecule has 25 heteroatoms. The van der Waals surface area contributed by atoms with Gasteiger partial charge in [0, 0.05) is 44.1 Å². The lowest BCUT2D eigenvalue weighted by Gasteiger charge is -2.28. The number of carboxylic acids is 3. The van der Waals surface area contributed by atoms with Crippen LogP contribution in [0.3, 0.4) is 0 Å². The number of H-pyrrole nitrogens is 1. The molecule has 0 unspecified atom stereocenters. The van der Waals surface area contributed by atoms with Gasteiger partial charge in [0.15, 0.2) is 5.96 Å². The van der Waals surface area contributed by atoms with Gasteiger partial charge in [0.25, 0.3) is 0 Å². The number of nitrogens with two attached hydrogens (primary N) is 3. The highest BCUT2D eigenvalue weighted by Gasteiger charge is 2.36. The van der Waals surface area contributed by atoms with E-state index in [9.17, 15) is 63.6 Å². The maximum Gasteiger partial charge on any atom is 0.326 e. The average Bonchev–Trinajstić information content (AvgIpc) is 3.75. The van der Waals surface area contributed by atoms with Gasteiger partial charge >= 0.3 is 17.9 Å². The number of aromatic amines is 1. The second-order valence-corrected chi connectivity index (χ2v) is 15.4. The van der Waals surface area contributed by atoms with Crippen LogP contribution in [0.5, 0.6) is 0 Å². The molecule has 2 aromatic rings. The molecule has 8 atom stereocenters. The van der Waals surface area contributed by atoms with Crippen molar-refractivity contribution in [3.8, 4) is 0 Å². The number of hydrogen-bond donors (Lipinski definition) is 14. The van der Waals surface area contributed by atoms with Gasteiger partial charge in [0.05, 0.1) is 18.5 Å². The van der Waals surface area contributed by atoms with E-state index < -0.39 is 133 Å². The van der Waals surface area contributed by atoms with Crippen LogP contribution >= 0.6 is 0 Å². The lowest BCUT2D eigenvalue weighted by atomic mass is 10.0. The van der Waals surface area contributed by atoms with Crippen molar-refractivity contribution in [2.45, 2.75) is 121 Å². The van der Waals surface area contributed by atoms with Crippen LogP contribution in [0.2, 0.25) is 0 Å². The molecule has 0 fully saturated rings. The second-order valence-electron chi connectivity index (χ2n) is 15.4. The summed E-state index contributed by atoms with van der Waals surface area (Å²) < 4.78 is 0. The van der Waals surface area contributed by atoms with Crippen molar-refractivity contribution in [3.63, 3.8) is 0 Å². The molecule has 0 saturated carbocycles. The smallest absolute Gasteiger partial charge is 0.326 e. The highest BCUT2D eigenvalue weighted by atomic mass is 16.4. The van der Waals surface area contributed by atoms with Gasteiger partial charge in [-0.2, -0.15) is 0 Å². The molecule has 0 aliphatic rings. The number of aliphatic hydroxyl groups is 1. The fourth-order valence-corrected chi connectivity index (χ4v) is 6.14. The van der Waals surface area contributed by atoms with Gasteiger partial charge in [-0.05, 0) is 44.1 Å². The lowest BCUT2D eigenvalue weighted by Crippen LogP contribution is -2.61. The highest BCUT2D eigenvalue weighted by Crippen LogP contribution is 2.10. The minimum Gasteiger partial charge on any atom is -0.481 e. The molecule has 17 N–H and O–H groups in total. The summed E-state index contributed by atoms with van der Waals surface area (Å²) >= 11 is 0. The highest BCUT2D eigenvalue weighted by molar-refractivity contribution is 5.97. The number of aliphatic hydroxyl groups excluding tert-OH is 1. The Hall–Kier alpha value is -7.15. The Morgan fingerprint density at radius 3 is 1.63 bits per heavy atom. The normalized spacial score (nSPS) is 14.7. The van der Waals surface area contributed by atoms with Crippen LogP contribution in [0.1, 0.15) is 70.6 Å². The van der Waals surface area contributed by atoms with E-state index in [1.54, 1.807) is 30.3 Å². The molecule has 1 aromatic carbocycles. The molecule has 0 radical (unpaired) electrons. The van der Waals surface area contributed by atoms with E-state index in [2.05, 4.69) is 46.9 Å². The summed E-state index contributed by atoms with van der Waals surface area (Å²) in [5.41, 5.74) is 18.2. The predicted octanol–water partition coefficient (Wildman–Crippen LogP) is -3.66. The van der Waals surface area contributed by atoms with Crippen LogP contribution in [0.15, 0.2) is 47.8 Å². The number of guanidine groups is 1. The number of aliphatic imine (C=N–C) groups is 1. The van der Waals surface area contributed by atoms with Crippen molar-refractivity contribution in [2.75, 3.05) is 6.54 Å². The maximum absolute atomic E-state index is 14.0. The fraction of sp³-hybridized carbons (Fsp3) is 0.525. The van der Waals surface area contributed by atoms with Gasteiger partial charge in [0.2, 0.25) is 35.4 Å². The van der Waals surface area contributed by atoms with E-state index in [1.165, 1.54) is 26.4 Å². The monoisotopic (exact) mass is 916 g/mol. The fourth-order valence-electron chi connectivity index (χ4n) is 6.14. The Balaban J connectivity index is 2.41.